The molecule has 0 bridgehead atoms. The van der Waals surface area contributed by atoms with Gasteiger partial charge in [-0.05, 0) is 24.3 Å². The number of nitrogens with two attached hydrogens (primary N) is 1. The molecule has 32 heavy (non-hydrogen) atoms. The Hall–Kier alpha value is -4.21. The number of anilines is 1. The van der Waals surface area contributed by atoms with E-state index in [1.165, 1.54) is 17.3 Å². The van der Waals surface area contributed by atoms with Crippen molar-refractivity contribution in [2.75, 3.05) is 18.8 Å². The number of rotatable bonds is 5. The molecule has 10 heteroatoms. The van der Waals surface area contributed by atoms with Crippen LogP contribution in [0.4, 0.5) is 15.0 Å². The summed E-state index contributed by atoms with van der Waals surface area (Å²) in [6, 6.07) is 13.6. The molecule has 2 aromatic heterocycles. The van der Waals surface area contributed by atoms with Crippen LogP contribution in [-0.4, -0.2) is 48.9 Å². The Labute approximate surface area is 181 Å². The van der Waals surface area contributed by atoms with Crippen molar-refractivity contribution in [3.8, 4) is 22.8 Å². The van der Waals surface area contributed by atoms with Gasteiger partial charge in [0.2, 0.25) is 0 Å². The average Bonchev–Trinajstić information content (AvgIpc) is 3.10. The summed E-state index contributed by atoms with van der Waals surface area (Å²) in [6.07, 6.45) is 0.385. The van der Waals surface area contributed by atoms with Crippen LogP contribution in [0, 0.1) is 11.7 Å². The SMILES string of the molecule is Nc1ncnc2c1c(-c1ccc(Oc3ccccc3)cc1F)nn2CC1CN(C(=O)O)C1. The highest BCUT2D eigenvalue weighted by Gasteiger charge is 2.32. The lowest BCUT2D eigenvalue weighted by Gasteiger charge is -2.36. The third-order valence-corrected chi connectivity index (χ3v) is 5.39. The van der Waals surface area contributed by atoms with Crippen LogP contribution >= 0.6 is 0 Å². The molecule has 1 saturated heterocycles. The Morgan fingerprint density at radius 3 is 2.66 bits per heavy atom. The maximum absolute atomic E-state index is 15.1. The highest BCUT2D eigenvalue weighted by Crippen LogP contribution is 2.34. The normalized spacial score (nSPS) is 13.8. The molecule has 5 rings (SSSR count). The maximum Gasteiger partial charge on any atom is 0.407 e. The Bertz CT molecular complexity index is 1300. The van der Waals surface area contributed by atoms with Crippen LogP contribution in [0.3, 0.4) is 0 Å². The number of halogens is 1. The van der Waals surface area contributed by atoms with Gasteiger partial charge in [0, 0.05) is 37.2 Å². The van der Waals surface area contributed by atoms with Crippen LogP contribution in [-0.2, 0) is 6.54 Å². The minimum atomic E-state index is -0.946. The molecule has 4 aromatic rings. The van der Waals surface area contributed by atoms with Crippen LogP contribution in [0.15, 0.2) is 54.9 Å². The summed E-state index contributed by atoms with van der Waals surface area (Å²) in [5.41, 5.74) is 7.15. The first-order valence-electron chi connectivity index (χ1n) is 9.97. The second-order valence-corrected chi connectivity index (χ2v) is 7.60. The van der Waals surface area contributed by atoms with E-state index in [-0.39, 0.29) is 17.3 Å². The van der Waals surface area contributed by atoms with E-state index in [0.717, 1.165) is 0 Å². The van der Waals surface area contributed by atoms with E-state index >= 15 is 4.39 Å². The van der Waals surface area contributed by atoms with Crippen molar-refractivity contribution >= 4 is 22.9 Å². The Morgan fingerprint density at radius 2 is 1.94 bits per heavy atom. The van der Waals surface area contributed by atoms with Gasteiger partial charge in [0.15, 0.2) is 5.65 Å². The topological polar surface area (TPSA) is 119 Å². The lowest BCUT2D eigenvalue weighted by molar-refractivity contribution is 0.0737. The number of amides is 1. The number of para-hydroxylation sites is 1. The van der Waals surface area contributed by atoms with Crippen LogP contribution in [0.1, 0.15) is 0 Å². The van der Waals surface area contributed by atoms with Gasteiger partial charge in [0.05, 0.1) is 5.39 Å². The number of ether oxygens (including phenoxy) is 1. The summed E-state index contributed by atoms with van der Waals surface area (Å²) >= 11 is 0. The molecule has 9 nitrogen and oxygen atoms in total. The molecule has 3 N–H and O–H groups in total. The minimum Gasteiger partial charge on any atom is -0.465 e. The largest absolute Gasteiger partial charge is 0.465 e. The van der Waals surface area contributed by atoms with Gasteiger partial charge in [0.1, 0.15) is 35.2 Å². The average molecular weight is 434 g/mol. The molecule has 1 aliphatic heterocycles. The molecule has 0 unspecified atom stereocenters. The molecular weight excluding hydrogens is 415 g/mol. The van der Waals surface area contributed by atoms with Crippen molar-refractivity contribution in [1.29, 1.82) is 0 Å². The van der Waals surface area contributed by atoms with Crippen molar-refractivity contribution < 1.29 is 19.0 Å². The van der Waals surface area contributed by atoms with E-state index in [1.54, 1.807) is 28.9 Å². The zero-order chi connectivity index (χ0) is 22.2. The van der Waals surface area contributed by atoms with Gasteiger partial charge in [-0.25, -0.2) is 23.8 Å². The van der Waals surface area contributed by atoms with Crippen molar-refractivity contribution in [1.82, 2.24) is 24.6 Å². The molecule has 3 heterocycles. The lowest BCUT2D eigenvalue weighted by atomic mass is 10.0. The fourth-order valence-corrected chi connectivity index (χ4v) is 3.81. The number of aromatic nitrogens is 4. The van der Waals surface area contributed by atoms with Crippen molar-refractivity contribution in [3.05, 3.63) is 60.7 Å². The molecule has 1 fully saturated rings. The monoisotopic (exact) mass is 434 g/mol. The third kappa shape index (κ3) is 3.55. The zero-order valence-electron chi connectivity index (χ0n) is 16.8. The number of carbonyl (C=O) groups is 1. The molecule has 2 aromatic carbocycles. The number of nitrogen functional groups attached to an aromatic ring is 1. The summed E-state index contributed by atoms with van der Waals surface area (Å²) in [5, 5.41) is 14.1. The molecule has 0 aliphatic carbocycles. The fraction of sp³-hybridized carbons (Fsp3) is 0.182. The van der Waals surface area contributed by atoms with Gasteiger partial charge in [-0.3, -0.25) is 0 Å². The van der Waals surface area contributed by atoms with Gasteiger partial charge in [-0.1, -0.05) is 18.2 Å². The predicted octanol–water partition coefficient (Wildman–Crippen LogP) is 3.62. The Morgan fingerprint density at radius 1 is 1.16 bits per heavy atom. The molecule has 162 valence electrons. The van der Waals surface area contributed by atoms with Crippen molar-refractivity contribution in [2.45, 2.75) is 6.54 Å². The predicted molar refractivity (Wildman–Crippen MR) is 115 cm³/mol. The summed E-state index contributed by atoms with van der Waals surface area (Å²) < 4.78 is 22.4. The van der Waals surface area contributed by atoms with Crippen molar-refractivity contribution in [2.24, 2.45) is 5.92 Å². The van der Waals surface area contributed by atoms with Crippen LogP contribution < -0.4 is 10.5 Å². The molecular formula is C22H19FN6O3. The number of hydrogen-bond donors (Lipinski definition) is 2. The van der Waals surface area contributed by atoms with Crippen molar-refractivity contribution in [3.63, 3.8) is 0 Å². The van der Waals surface area contributed by atoms with E-state index < -0.39 is 11.9 Å². The Balaban J connectivity index is 1.48. The first-order chi connectivity index (χ1) is 15.5. The highest BCUT2D eigenvalue weighted by molar-refractivity contribution is 5.98. The van der Waals surface area contributed by atoms with Crippen LogP contribution in [0.25, 0.3) is 22.3 Å². The number of hydrogen-bond acceptors (Lipinski definition) is 6. The van der Waals surface area contributed by atoms with Gasteiger partial charge in [-0.2, -0.15) is 5.10 Å². The number of nitrogens with zero attached hydrogens (tertiary/aromatic N) is 5. The second-order valence-electron chi connectivity index (χ2n) is 7.60. The standard InChI is InChI=1S/C22H19FN6O3/c23-17-8-15(32-14-4-2-1-3-5-14)6-7-16(17)19-18-20(24)25-12-26-21(18)29(27-19)11-13-9-28(10-13)22(30)31/h1-8,12-13H,9-11H2,(H,30,31)(H2,24,25,26). The minimum absolute atomic E-state index is 0.0877. The molecule has 0 atom stereocenters. The smallest absolute Gasteiger partial charge is 0.407 e. The quantitative estimate of drug-likeness (QED) is 0.492. The van der Waals surface area contributed by atoms with E-state index in [9.17, 15) is 4.79 Å². The van der Waals surface area contributed by atoms with E-state index in [1.807, 2.05) is 18.2 Å². The van der Waals surface area contributed by atoms with Crippen LogP contribution in [0.2, 0.25) is 0 Å². The fourth-order valence-electron chi connectivity index (χ4n) is 3.81. The van der Waals surface area contributed by atoms with Gasteiger partial charge in [-0.15, -0.1) is 0 Å². The molecule has 1 aliphatic rings. The number of likely N-dealkylation sites (tertiary alicyclic amines) is 1. The molecule has 0 spiro atoms. The van der Waals surface area contributed by atoms with E-state index in [0.29, 0.717) is 47.9 Å². The molecule has 1 amide bonds. The van der Waals surface area contributed by atoms with E-state index in [4.69, 9.17) is 15.6 Å². The number of fused-ring (bicyclic) bond motifs is 1. The van der Waals surface area contributed by atoms with E-state index in [2.05, 4.69) is 15.1 Å². The molecule has 0 saturated carbocycles. The lowest BCUT2D eigenvalue weighted by Crippen LogP contribution is -2.50. The summed E-state index contributed by atoms with van der Waals surface area (Å²) in [5.74, 6) is 0.719. The number of benzene rings is 2. The molecule has 0 radical (unpaired) electrons. The summed E-state index contributed by atoms with van der Waals surface area (Å²) in [7, 11) is 0. The van der Waals surface area contributed by atoms with Gasteiger partial charge >= 0.3 is 6.09 Å². The Kier molecular flexibility index (Phi) is 4.81. The van der Waals surface area contributed by atoms with Crippen LogP contribution in [0.5, 0.6) is 11.5 Å². The summed E-state index contributed by atoms with van der Waals surface area (Å²) in [6.45, 7) is 1.26. The maximum atomic E-state index is 15.1. The van der Waals surface area contributed by atoms with Gasteiger partial charge in [0.25, 0.3) is 0 Å². The van der Waals surface area contributed by atoms with Gasteiger partial charge < -0.3 is 20.5 Å². The first kappa shape index (κ1) is 19.7. The highest BCUT2D eigenvalue weighted by atomic mass is 19.1. The third-order valence-electron chi connectivity index (χ3n) is 5.39. The zero-order valence-corrected chi connectivity index (χ0v) is 16.8. The second kappa shape index (κ2) is 7.80. The summed E-state index contributed by atoms with van der Waals surface area (Å²) in [4.78, 5) is 20.7. The number of carboxylic acid groups (broad SMARTS) is 1. The first-order valence-corrected chi connectivity index (χ1v) is 9.97.